The number of amides is 2. The zero-order valence-electron chi connectivity index (χ0n) is 14.8. The summed E-state index contributed by atoms with van der Waals surface area (Å²) in [5, 5.41) is 9.80. The number of piperidine rings is 1. The number of aromatic nitrogens is 2. The number of likely N-dealkylation sites (tertiary alicyclic amines) is 1. The van der Waals surface area contributed by atoms with Gasteiger partial charge in [0.25, 0.3) is 0 Å². The van der Waals surface area contributed by atoms with Crippen LogP contribution in [-0.4, -0.2) is 47.3 Å². The third-order valence-electron chi connectivity index (χ3n) is 4.57. The predicted molar refractivity (Wildman–Crippen MR) is 96.4 cm³/mol. The molecule has 2 heterocycles. The van der Waals surface area contributed by atoms with Crippen LogP contribution in [0.4, 0.5) is 10.5 Å². The number of likely N-dealkylation sites (N-methyl/N-ethyl adjacent to an activating group) is 1. The van der Waals surface area contributed by atoms with Crippen LogP contribution in [0.1, 0.15) is 32.1 Å². The highest BCUT2D eigenvalue weighted by Crippen LogP contribution is 2.20. The van der Waals surface area contributed by atoms with Crippen LogP contribution in [0, 0.1) is 0 Å². The Labute approximate surface area is 147 Å². The van der Waals surface area contributed by atoms with Crippen LogP contribution in [0.5, 0.6) is 0 Å². The molecular formula is C18H25N5O2. The van der Waals surface area contributed by atoms with Gasteiger partial charge < -0.3 is 20.1 Å². The Morgan fingerprint density at radius 1 is 1.40 bits per heavy atom. The number of rotatable bonds is 5. The van der Waals surface area contributed by atoms with E-state index in [0.717, 1.165) is 18.5 Å². The van der Waals surface area contributed by atoms with Crippen LogP contribution in [-0.2, 0) is 6.42 Å². The normalized spacial score (nSPS) is 18.1. The monoisotopic (exact) mass is 343 g/mol. The molecule has 7 heteroatoms. The van der Waals surface area contributed by atoms with Crippen molar-refractivity contribution in [3.8, 4) is 11.4 Å². The number of hydrogen-bond donors (Lipinski definition) is 2. The quantitative estimate of drug-likeness (QED) is 0.872. The molecule has 1 saturated heterocycles. The number of nitrogens with one attached hydrogen (secondary N) is 2. The smallest absolute Gasteiger partial charge is 0.319 e. The average molecular weight is 343 g/mol. The van der Waals surface area contributed by atoms with Gasteiger partial charge in [0.05, 0.1) is 0 Å². The molecule has 0 spiro atoms. The molecule has 2 N–H and O–H groups in total. The van der Waals surface area contributed by atoms with Gasteiger partial charge in [0, 0.05) is 30.3 Å². The summed E-state index contributed by atoms with van der Waals surface area (Å²) >= 11 is 0. The molecule has 1 fully saturated rings. The fraction of sp³-hybridized carbons (Fsp3) is 0.500. The van der Waals surface area contributed by atoms with Crippen LogP contribution in [0.25, 0.3) is 11.4 Å². The summed E-state index contributed by atoms with van der Waals surface area (Å²) in [7, 11) is 2.11. The topological polar surface area (TPSA) is 83.3 Å². The van der Waals surface area contributed by atoms with Crippen molar-refractivity contribution in [2.24, 2.45) is 0 Å². The van der Waals surface area contributed by atoms with Gasteiger partial charge >= 0.3 is 6.03 Å². The Bertz CT molecular complexity index is 715. The maximum atomic E-state index is 12.2. The van der Waals surface area contributed by atoms with Gasteiger partial charge in [-0.15, -0.1) is 0 Å². The van der Waals surface area contributed by atoms with Gasteiger partial charge in [0.2, 0.25) is 11.7 Å². The minimum absolute atomic E-state index is 0.196. The molecule has 1 atom stereocenters. The lowest BCUT2D eigenvalue weighted by Crippen LogP contribution is -2.45. The zero-order chi connectivity index (χ0) is 17.6. The van der Waals surface area contributed by atoms with Gasteiger partial charge in [-0.1, -0.05) is 30.6 Å². The van der Waals surface area contributed by atoms with Crippen molar-refractivity contribution in [2.75, 3.05) is 25.5 Å². The van der Waals surface area contributed by atoms with Crippen molar-refractivity contribution < 1.29 is 9.32 Å². The van der Waals surface area contributed by atoms with Crippen LogP contribution in [0.2, 0.25) is 0 Å². The highest BCUT2D eigenvalue weighted by atomic mass is 16.5. The number of hydrogen-bond acceptors (Lipinski definition) is 5. The first kappa shape index (κ1) is 17.4. The molecule has 1 aliphatic heterocycles. The summed E-state index contributed by atoms with van der Waals surface area (Å²) in [4.78, 5) is 18.8. The first-order chi connectivity index (χ1) is 12.2. The van der Waals surface area contributed by atoms with Crippen molar-refractivity contribution in [3.63, 3.8) is 0 Å². The Kier molecular flexibility index (Phi) is 5.65. The maximum absolute atomic E-state index is 12.2. The van der Waals surface area contributed by atoms with Gasteiger partial charge in [0.1, 0.15) is 0 Å². The molecule has 0 aliphatic carbocycles. The van der Waals surface area contributed by atoms with Crippen molar-refractivity contribution in [2.45, 2.75) is 38.6 Å². The fourth-order valence-electron chi connectivity index (χ4n) is 3.04. The Morgan fingerprint density at radius 2 is 2.28 bits per heavy atom. The van der Waals surface area contributed by atoms with E-state index >= 15 is 0 Å². The van der Waals surface area contributed by atoms with Gasteiger partial charge in [-0.05, 0) is 38.6 Å². The van der Waals surface area contributed by atoms with E-state index in [1.807, 2.05) is 31.2 Å². The second-order valence-corrected chi connectivity index (χ2v) is 6.41. The van der Waals surface area contributed by atoms with E-state index in [2.05, 4.69) is 32.7 Å². The molecule has 1 aromatic heterocycles. The first-order valence-corrected chi connectivity index (χ1v) is 8.84. The summed E-state index contributed by atoms with van der Waals surface area (Å²) < 4.78 is 5.14. The highest BCUT2D eigenvalue weighted by molar-refractivity contribution is 5.89. The van der Waals surface area contributed by atoms with E-state index in [9.17, 15) is 4.79 Å². The lowest BCUT2D eigenvalue weighted by Gasteiger charge is -2.32. The molecule has 0 radical (unpaired) electrons. The lowest BCUT2D eigenvalue weighted by atomic mass is 10.0. The Balaban J connectivity index is 1.57. The third-order valence-corrected chi connectivity index (χ3v) is 4.57. The molecule has 2 amide bonds. The minimum atomic E-state index is -0.196. The van der Waals surface area contributed by atoms with E-state index in [4.69, 9.17) is 4.52 Å². The van der Waals surface area contributed by atoms with E-state index < -0.39 is 0 Å². The average Bonchev–Trinajstić information content (AvgIpc) is 3.10. The number of aryl methyl sites for hydroxylation is 1. The molecule has 1 aromatic carbocycles. The van der Waals surface area contributed by atoms with Crippen molar-refractivity contribution in [1.82, 2.24) is 20.4 Å². The predicted octanol–water partition coefficient (Wildman–Crippen LogP) is 2.90. The standard InChI is InChI=1S/C18H25N5O2/c1-3-16-21-17(22-25-16)13-7-6-8-14(11-13)20-18(24)19-12-15-9-4-5-10-23(15)2/h6-8,11,15H,3-5,9-10,12H2,1-2H3,(H2,19,20,24). The first-order valence-electron chi connectivity index (χ1n) is 8.84. The van der Waals surface area contributed by atoms with Crippen molar-refractivity contribution in [3.05, 3.63) is 30.2 Å². The second-order valence-electron chi connectivity index (χ2n) is 6.41. The molecule has 25 heavy (non-hydrogen) atoms. The Hall–Kier alpha value is -2.41. The van der Waals surface area contributed by atoms with Gasteiger partial charge in [-0.25, -0.2) is 4.79 Å². The van der Waals surface area contributed by atoms with E-state index in [0.29, 0.717) is 36.4 Å². The molecule has 1 aliphatic rings. The summed E-state index contributed by atoms with van der Waals surface area (Å²) in [6, 6.07) is 7.66. The van der Waals surface area contributed by atoms with E-state index in [1.54, 1.807) is 0 Å². The number of anilines is 1. The van der Waals surface area contributed by atoms with Crippen LogP contribution >= 0.6 is 0 Å². The van der Waals surface area contributed by atoms with Crippen LogP contribution < -0.4 is 10.6 Å². The molecule has 0 saturated carbocycles. The molecule has 1 unspecified atom stereocenters. The SMILES string of the molecule is CCc1nc(-c2cccc(NC(=O)NCC3CCCCN3C)c2)no1. The molecule has 3 rings (SSSR count). The third kappa shape index (κ3) is 4.57. The Morgan fingerprint density at radius 3 is 3.04 bits per heavy atom. The summed E-state index contributed by atoms with van der Waals surface area (Å²) in [5.41, 5.74) is 1.52. The molecule has 2 aromatic rings. The summed E-state index contributed by atoms with van der Waals surface area (Å²) in [6.07, 6.45) is 4.29. The highest BCUT2D eigenvalue weighted by Gasteiger charge is 2.19. The van der Waals surface area contributed by atoms with Gasteiger partial charge in [0.15, 0.2) is 0 Å². The van der Waals surface area contributed by atoms with Crippen LogP contribution in [0.3, 0.4) is 0 Å². The zero-order valence-corrected chi connectivity index (χ0v) is 14.8. The second kappa shape index (κ2) is 8.11. The minimum Gasteiger partial charge on any atom is -0.339 e. The van der Waals surface area contributed by atoms with Crippen LogP contribution in [0.15, 0.2) is 28.8 Å². The summed E-state index contributed by atoms with van der Waals surface area (Å²) in [6.45, 7) is 3.72. The summed E-state index contributed by atoms with van der Waals surface area (Å²) in [5.74, 6) is 1.13. The van der Waals surface area contributed by atoms with E-state index in [-0.39, 0.29) is 6.03 Å². The molecule has 134 valence electrons. The molecular weight excluding hydrogens is 318 g/mol. The maximum Gasteiger partial charge on any atom is 0.319 e. The lowest BCUT2D eigenvalue weighted by molar-refractivity contribution is 0.182. The van der Waals surface area contributed by atoms with Crippen molar-refractivity contribution in [1.29, 1.82) is 0 Å². The number of nitrogens with zero attached hydrogens (tertiary/aromatic N) is 3. The fourth-order valence-corrected chi connectivity index (χ4v) is 3.04. The largest absolute Gasteiger partial charge is 0.339 e. The van der Waals surface area contributed by atoms with E-state index in [1.165, 1.54) is 12.8 Å². The van der Waals surface area contributed by atoms with Gasteiger partial charge in [-0.2, -0.15) is 4.98 Å². The number of urea groups is 1. The molecule has 7 nitrogen and oxygen atoms in total. The number of carbonyl (C=O) groups excluding carboxylic acids is 1. The van der Waals surface area contributed by atoms with Crippen molar-refractivity contribution >= 4 is 11.7 Å². The number of benzene rings is 1. The van der Waals surface area contributed by atoms with Gasteiger partial charge in [-0.3, -0.25) is 0 Å². The molecule has 0 bridgehead atoms. The number of carbonyl (C=O) groups is 1.